The van der Waals surface area contributed by atoms with Gasteiger partial charge >= 0.3 is 5.69 Å². The van der Waals surface area contributed by atoms with Crippen molar-refractivity contribution < 1.29 is 20.1 Å². The molecule has 1 rings (SSSR count). The van der Waals surface area contributed by atoms with E-state index in [2.05, 4.69) is 15.3 Å². The number of nitrogens with zero attached hydrogens (tertiary/aromatic N) is 1. The van der Waals surface area contributed by atoms with Gasteiger partial charge in [0.2, 0.25) is 0 Å². The molecule has 2 atom stereocenters. The zero-order chi connectivity index (χ0) is 16.7. The van der Waals surface area contributed by atoms with Crippen LogP contribution in [0, 0.1) is 0 Å². The van der Waals surface area contributed by atoms with Gasteiger partial charge in [0.05, 0.1) is 18.4 Å². The largest absolute Gasteiger partial charge is 0.396 e. The maximum Gasteiger partial charge on any atom is 0.327 e. The lowest BCUT2D eigenvalue weighted by Crippen LogP contribution is -2.34. The second-order valence-corrected chi connectivity index (χ2v) is 4.53. The number of H-pyrrole nitrogens is 2. The molecule has 10 nitrogen and oxygen atoms in total. The molecule has 0 fully saturated rings. The number of carbonyl (C=O) groups excluding carboxylic acids is 1. The van der Waals surface area contributed by atoms with Crippen molar-refractivity contribution in [3.05, 3.63) is 20.8 Å². The van der Waals surface area contributed by atoms with E-state index in [9.17, 15) is 24.6 Å². The lowest BCUT2D eigenvalue weighted by molar-refractivity contribution is -0.110. The molecule has 122 valence electrons. The van der Waals surface area contributed by atoms with Crippen LogP contribution >= 0.6 is 0 Å². The Bertz CT molecular complexity index is 650. The Labute approximate surface area is 124 Å². The number of hydrogen-bond donors (Lipinski definition) is 6. The van der Waals surface area contributed by atoms with Gasteiger partial charge in [-0.25, -0.2) is 9.79 Å². The summed E-state index contributed by atoms with van der Waals surface area (Å²) in [6.45, 7) is 0.739. The third kappa shape index (κ3) is 5.24. The average molecular weight is 314 g/mol. The van der Waals surface area contributed by atoms with E-state index in [0.717, 1.165) is 6.21 Å². The molecule has 2 unspecified atom stereocenters. The first kappa shape index (κ1) is 17.8. The van der Waals surface area contributed by atoms with Gasteiger partial charge in [-0.1, -0.05) is 0 Å². The highest BCUT2D eigenvalue weighted by molar-refractivity contribution is 6.26. The number of ketones is 1. The topological polar surface area (TPSA) is 168 Å². The molecule has 0 bridgehead atoms. The van der Waals surface area contributed by atoms with Gasteiger partial charge in [-0.2, -0.15) is 0 Å². The van der Waals surface area contributed by atoms with Crippen molar-refractivity contribution >= 4 is 23.5 Å². The van der Waals surface area contributed by atoms with Gasteiger partial charge in [0, 0.05) is 20.1 Å². The maximum absolute atomic E-state index is 11.7. The van der Waals surface area contributed by atoms with E-state index < -0.39 is 29.2 Å². The summed E-state index contributed by atoms with van der Waals surface area (Å²) in [5.74, 6) is -0.489. The Balaban J connectivity index is 2.96. The number of aromatic nitrogens is 2. The highest BCUT2D eigenvalue weighted by Crippen LogP contribution is 2.14. The molecule has 0 saturated carbocycles. The van der Waals surface area contributed by atoms with Gasteiger partial charge in [0.15, 0.2) is 11.5 Å². The van der Waals surface area contributed by atoms with Crippen LogP contribution in [0.4, 0.5) is 11.5 Å². The summed E-state index contributed by atoms with van der Waals surface area (Å²) in [6, 6.07) is 0. The van der Waals surface area contributed by atoms with Crippen LogP contribution in [0.3, 0.4) is 0 Å². The summed E-state index contributed by atoms with van der Waals surface area (Å²) in [6.07, 6.45) is -1.52. The molecule has 0 spiro atoms. The predicted octanol–water partition coefficient (Wildman–Crippen LogP) is -2.13. The van der Waals surface area contributed by atoms with Gasteiger partial charge in [-0.15, -0.1) is 0 Å². The van der Waals surface area contributed by atoms with Crippen LogP contribution in [0.2, 0.25) is 0 Å². The van der Waals surface area contributed by atoms with Crippen LogP contribution in [0.5, 0.6) is 0 Å². The number of aliphatic imine (C=N–C) groups is 1. The van der Waals surface area contributed by atoms with Crippen LogP contribution in [0.15, 0.2) is 14.6 Å². The van der Waals surface area contributed by atoms with Gasteiger partial charge in [-0.3, -0.25) is 19.6 Å². The number of nitrogens with one attached hydrogen (secondary N) is 3. The van der Waals surface area contributed by atoms with Crippen molar-refractivity contribution in [2.75, 3.05) is 18.5 Å². The third-order valence-corrected chi connectivity index (χ3v) is 2.65. The molecular formula is C12H18N4O6. The minimum atomic E-state index is -1.24. The van der Waals surface area contributed by atoms with E-state index in [0.29, 0.717) is 0 Å². The van der Waals surface area contributed by atoms with Crippen molar-refractivity contribution in [1.29, 1.82) is 0 Å². The Morgan fingerprint density at radius 3 is 2.59 bits per heavy atom. The van der Waals surface area contributed by atoms with Crippen LogP contribution in [-0.4, -0.2) is 62.6 Å². The minimum Gasteiger partial charge on any atom is -0.396 e. The summed E-state index contributed by atoms with van der Waals surface area (Å²) in [5.41, 5.74) is -1.84. The van der Waals surface area contributed by atoms with Crippen LogP contribution in [0.25, 0.3) is 0 Å². The molecule has 22 heavy (non-hydrogen) atoms. The second kappa shape index (κ2) is 8.22. The second-order valence-electron chi connectivity index (χ2n) is 4.53. The molecule has 1 aromatic rings. The molecule has 1 aromatic heterocycles. The Morgan fingerprint density at radius 2 is 2.00 bits per heavy atom. The maximum atomic E-state index is 11.7. The van der Waals surface area contributed by atoms with E-state index in [1.807, 2.05) is 4.98 Å². The number of Topliss-reactive ketones (excluding diaryl/α,β-unsaturated/α-hetero) is 1. The third-order valence-electron chi connectivity index (χ3n) is 2.65. The van der Waals surface area contributed by atoms with Crippen molar-refractivity contribution in [2.24, 2.45) is 4.99 Å². The number of aliphatic hydroxyl groups is 3. The summed E-state index contributed by atoms with van der Waals surface area (Å²) in [4.78, 5) is 41.7. The molecule has 0 aliphatic heterocycles. The average Bonchev–Trinajstić information content (AvgIpc) is 2.43. The fraction of sp³-hybridized carbons (Fsp3) is 0.500. The van der Waals surface area contributed by atoms with E-state index in [1.54, 1.807) is 0 Å². The smallest absolute Gasteiger partial charge is 0.327 e. The van der Waals surface area contributed by atoms with Crippen molar-refractivity contribution in [1.82, 2.24) is 9.97 Å². The van der Waals surface area contributed by atoms with E-state index in [-0.39, 0.29) is 31.1 Å². The molecule has 0 aliphatic rings. The first-order valence-electron chi connectivity index (χ1n) is 6.47. The molecule has 1 heterocycles. The van der Waals surface area contributed by atoms with Crippen molar-refractivity contribution in [2.45, 2.75) is 25.6 Å². The zero-order valence-corrected chi connectivity index (χ0v) is 11.9. The standard InChI is InChI=1S/C12H18N4O6/c1-6(18)4-13-9-10(15-12(22)16-11(9)21)14-5-8(20)7(19)2-3-17/h4,7-8,17,19-20H,2-3,5H2,1H3,(H3,14,15,16,21,22). The van der Waals surface area contributed by atoms with Crippen molar-refractivity contribution in [3.63, 3.8) is 0 Å². The van der Waals surface area contributed by atoms with E-state index >= 15 is 0 Å². The summed E-state index contributed by atoms with van der Waals surface area (Å²) < 4.78 is 0. The molecule has 10 heteroatoms. The quantitative estimate of drug-likeness (QED) is 0.298. The van der Waals surface area contributed by atoms with Crippen LogP contribution in [-0.2, 0) is 4.79 Å². The highest BCUT2D eigenvalue weighted by atomic mass is 16.3. The fourth-order valence-electron chi connectivity index (χ4n) is 1.55. The first-order valence-corrected chi connectivity index (χ1v) is 6.47. The van der Waals surface area contributed by atoms with Gasteiger partial charge in [0.1, 0.15) is 5.82 Å². The predicted molar refractivity (Wildman–Crippen MR) is 78.7 cm³/mol. The summed E-state index contributed by atoms with van der Waals surface area (Å²) in [7, 11) is 0. The lowest BCUT2D eigenvalue weighted by Gasteiger charge is -2.18. The van der Waals surface area contributed by atoms with E-state index in [1.165, 1.54) is 6.92 Å². The first-order chi connectivity index (χ1) is 10.3. The van der Waals surface area contributed by atoms with Gasteiger partial charge in [0.25, 0.3) is 5.56 Å². The number of aromatic amines is 2. The summed E-state index contributed by atoms with van der Waals surface area (Å²) in [5, 5.41) is 30.4. The molecule has 0 aromatic carbocycles. The number of hydrogen-bond acceptors (Lipinski definition) is 8. The monoisotopic (exact) mass is 314 g/mol. The fourth-order valence-corrected chi connectivity index (χ4v) is 1.55. The SMILES string of the molecule is CC(=O)C=Nc1c(NCC(O)C(O)CCO)[nH]c(=O)[nH]c1=O. The van der Waals surface area contributed by atoms with E-state index in [4.69, 9.17) is 5.11 Å². The Morgan fingerprint density at radius 1 is 1.32 bits per heavy atom. The summed E-state index contributed by atoms with van der Waals surface area (Å²) >= 11 is 0. The van der Waals surface area contributed by atoms with Gasteiger partial charge < -0.3 is 20.6 Å². The van der Waals surface area contributed by atoms with Crippen LogP contribution in [0.1, 0.15) is 13.3 Å². The molecule has 0 saturated heterocycles. The molecule has 0 amide bonds. The number of rotatable bonds is 8. The zero-order valence-electron chi connectivity index (χ0n) is 11.9. The number of carbonyl (C=O) groups is 1. The molecular weight excluding hydrogens is 296 g/mol. The molecule has 0 aliphatic carbocycles. The number of anilines is 1. The lowest BCUT2D eigenvalue weighted by atomic mass is 10.1. The molecule has 6 N–H and O–H groups in total. The Kier molecular flexibility index (Phi) is 6.63. The molecule has 0 radical (unpaired) electrons. The highest BCUT2D eigenvalue weighted by Gasteiger charge is 2.17. The minimum absolute atomic E-state index is 0.0237. The Hall–Kier alpha value is -2.30. The van der Waals surface area contributed by atoms with Crippen molar-refractivity contribution in [3.8, 4) is 0 Å². The normalized spacial score (nSPS) is 14.0. The van der Waals surface area contributed by atoms with Crippen LogP contribution < -0.4 is 16.6 Å². The number of aliphatic hydroxyl groups excluding tert-OH is 3. The van der Waals surface area contributed by atoms with Gasteiger partial charge in [-0.05, 0) is 6.42 Å².